The summed E-state index contributed by atoms with van der Waals surface area (Å²) in [6.45, 7) is 1.81. The Labute approximate surface area is 196 Å². The van der Waals surface area contributed by atoms with Crippen LogP contribution in [0.25, 0.3) is 11.1 Å². The number of alkyl carbamates (subject to hydrolysis) is 1. The Kier molecular flexibility index (Phi) is 6.49. The molecule has 0 fully saturated rings. The molecule has 1 unspecified atom stereocenters. The third kappa shape index (κ3) is 4.85. The number of aromatic carboxylic acids is 1. The summed E-state index contributed by atoms with van der Waals surface area (Å²) in [5.41, 5.74) is 4.30. The van der Waals surface area contributed by atoms with Gasteiger partial charge in [0, 0.05) is 18.4 Å². The molecular weight excluding hydrogens is 436 g/mol. The number of benzene rings is 3. The minimum atomic E-state index is -1.28. The predicted octanol–water partition coefficient (Wildman–Crippen LogP) is 4.35. The van der Waals surface area contributed by atoms with Gasteiger partial charge in [-0.15, -0.1) is 0 Å². The molecule has 0 aromatic heterocycles. The number of hydrogen-bond acceptors (Lipinski definition) is 5. The van der Waals surface area contributed by atoms with Crippen molar-refractivity contribution in [3.8, 4) is 16.9 Å². The molecule has 0 saturated carbocycles. The Hall–Kier alpha value is -4.33. The number of carbonyl (C=O) groups is 3. The first-order valence-corrected chi connectivity index (χ1v) is 10.8. The Balaban J connectivity index is 1.32. The summed E-state index contributed by atoms with van der Waals surface area (Å²) < 4.78 is 5.49. The summed E-state index contributed by atoms with van der Waals surface area (Å²) in [5, 5.41) is 23.8. The molecule has 0 aliphatic heterocycles. The number of aromatic hydroxyl groups is 1. The van der Waals surface area contributed by atoms with E-state index in [1.165, 1.54) is 12.1 Å². The van der Waals surface area contributed by atoms with Gasteiger partial charge in [-0.05, 0) is 47.4 Å². The van der Waals surface area contributed by atoms with Crippen molar-refractivity contribution in [3.05, 3.63) is 83.4 Å². The van der Waals surface area contributed by atoms with E-state index in [2.05, 4.69) is 22.8 Å². The minimum absolute atomic E-state index is 0.0589. The average molecular weight is 460 g/mol. The molecule has 1 aliphatic carbocycles. The highest BCUT2D eigenvalue weighted by atomic mass is 16.5. The molecule has 34 heavy (non-hydrogen) atoms. The molecule has 4 rings (SSSR count). The maximum absolute atomic E-state index is 12.4. The zero-order valence-electron chi connectivity index (χ0n) is 18.4. The molecule has 8 nitrogen and oxygen atoms in total. The zero-order valence-corrected chi connectivity index (χ0v) is 18.4. The second kappa shape index (κ2) is 9.66. The van der Waals surface area contributed by atoms with Crippen LogP contribution < -0.4 is 10.6 Å². The van der Waals surface area contributed by atoms with E-state index in [0.717, 1.165) is 28.3 Å². The largest absolute Gasteiger partial charge is 0.508 e. The van der Waals surface area contributed by atoms with Crippen LogP contribution in [0.1, 0.15) is 40.7 Å². The van der Waals surface area contributed by atoms with Gasteiger partial charge in [0.1, 0.15) is 12.4 Å². The molecule has 174 valence electrons. The van der Waals surface area contributed by atoms with E-state index in [1.54, 1.807) is 6.92 Å². The number of ether oxygens (including phenoxy) is 1. The number of rotatable bonds is 7. The fourth-order valence-electron chi connectivity index (χ4n) is 4.19. The summed E-state index contributed by atoms with van der Waals surface area (Å²) in [6.07, 6.45) is -0.734. The predicted molar refractivity (Wildman–Crippen MR) is 126 cm³/mol. The van der Waals surface area contributed by atoms with E-state index in [9.17, 15) is 24.6 Å². The Bertz CT molecular complexity index is 1210. The van der Waals surface area contributed by atoms with Crippen molar-refractivity contribution < 1.29 is 29.3 Å². The Morgan fingerprint density at radius 1 is 0.971 bits per heavy atom. The number of nitrogens with one attached hydrogen (secondary N) is 2. The molecule has 3 aromatic rings. The van der Waals surface area contributed by atoms with E-state index in [1.807, 2.05) is 36.4 Å². The normalized spacial score (nSPS) is 12.9. The van der Waals surface area contributed by atoms with Gasteiger partial charge < -0.3 is 25.6 Å². The van der Waals surface area contributed by atoms with Crippen LogP contribution in [0.15, 0.2) is 66.7 Å². The lowest BCUT2D eigenvalue weighted by atomic mass is 9.98. The maximum atomic E-state index is 12.4. The average Bonchev–Trinajstić information content (AvgIpc) is 3.12. The van der Waals surface area contributed by atoms with Gasteiger partial charge >= 0.3 is 12.1 Å². The molecule has 0 heterocycles. The molecule has 0 spiro atoms. The van der Waals surface area contributed by atoms with E-state index >= 15 is 0 Å². The minimum Gasteiger partial charge on any atom is -0.508 e. The fourth-order valence-corrected chi connectivity index (χ4v) is 4.19. The van der Waals surface area contributed by atoms with Crippen LogP contribution in [0, 0.1) is 0 Å². The number of phenols is 1. The van der Waals surface area contributed by atoms with Crippen molar-refractivity contribution in [2.45, 2.75) is 25.3 Å². The van der Waals surface area contributed by atoms with Gasteiger partial charge in [-0.2, -0.15) is 0 Å². The molecule has 0 bridgehead atoms. The lowest BCUT2D eigenvalue weighted by Gasteiger charge is -2.17. The van der Waals surface area contributed by atoms with Crippen LogP contribution in [0.5, 0.6) is 5.75 Å². The van der Waals surface area contributed by atoms with Crippen molar-refractivity contribution >= 4 is 23.7 Å². The SMILES string of the molecule is CC(CC(=O)Nc1ccc(O)cc1C(=O)O)NC(=O)OCC1c2ccccc2-c2ccccc21. The van der Waals surface area contributed by atoms with E-state index < -0.39 is 24.0 Å². The fraction of sp³-hybridized carbons (Fsp3) is 0.192. The van der Waals surface area contributed by atoms with Crippen molar-refractivity contribution in [2.75, 3.05) is 11.9 Å². The van der Waals surface area contributed by atoms with Crippen LogP contribution in [-0.4, -0.2) is 40.8 Å². The van der Waals surface area contributed by atoms with Crippen LogP contribution in [0.4, 0.5) is 10.5 Å². The monoisotopic (exact) mass is 460 g/mol. The highest BCUT2D eigenvalue weighted by molar-refractivity contribution is 6.01. The Morgan fingerprint density at radius 2 is 1.59 bits per heavy atom. The number of amides is 2. The van der Waals surface area contributed by atoms with Gasteiger partial charge in [0.2, 0.25) is 5.91 Å². The topological polar surface area (TPSA) is 125 Å². The number of fused-ring (bicyclic) bond motifs is 3. The van der Waals surface area contributed by atoms with Crippen LogP contribution in [-0.2, 0) is 9.53 Å². The van der Waals surface area contributed by atoms with E-state index in [4.69, 9.17) is 4.74 Å². The van der Waals surface area contributed by atoms with E-state index in [0.29, 0.717) is 0 Å². The second-order valence-electron chi connectivity index (χ2n) is 8.16. The van der Waals surface area contributed by atoms with E-state index in [-0.39, 0.29) is 35.9 Å². The summed E-state index contributed by atoms with van der Waals surface area (Å²) in [7, 11) is 0. The molecule has 2 amide bonds. The van der Waals surface area contributed by atoms with Gasteiger partial charge in [-0.3, -0.25) is 4.79 Å². The first kappa shape index (κ1) is 22.8. The number of phenolic OH excluding ortho intramolecular Hbond substituents is 1. The molecule has 1 aliphatic rings. The van der Waals surface area contributed by atoms with Gasteiger partial charge in [-0.25, -0.2) is 9.59 Å². The van der Waals surface area contributed by atoms with Gasteiger partial charge in [0.15, 0.2) is 0 Å². The van der Waals surface area contributed by atoms with Gasteiger partial charge in [0.25, 0.3) is 0 Å². The third-order valence-electron chi connectivity index (χ3n) is 5.71. The lowest BCUT2D eigenvalue weighted by Crippen LogP contribution is -2.36. The standard InChI is InChI=1S/C26H24N2O6/c1-15(12-24(30)28-23-11-10-16(29)13-21(23)25(31)32)27-26(33)34-14-22-19-8-4-2-6-17(19)18-7-3-5-9-20(18)22/h2-11,13,15,22,29H,12,14H2,1H3,(H,27,33)(H,28,30)(H,31,32). The highest BCUT2D eigenvalue weighted by Crippen LogP contribution is 2.44. The van der Waals surface area contributed by atoms with Crippen LogP contribution >= 0.6 is 0 Å². The van der Waals surface area contributed by atoms with Crippen molar-refractivity contribution in [2.24, 2.45) is 0 Å². The zero-order chi connectivity index (χ0) is 24.2. The second-order valence-corrected chi connectivity index (χ2v) is 8.16. The molecule has 8 heteroatoms. The summed E-state index contributed by atoms with van der Waals surface area (Å²) in [5.74, 6) is -2.06. The molecular formula is C26H24N2O6. The van der Waals surface area contributed by atoms with Gasteiger partial charge in [-0.1, -0.05) is 48.5 Å². The molecule has 3 aromatic carbocycles. The van der Waals surface area contributed by atoms with Crippen molar-refractivity contribution in [1.82, 2.24) is 5.32 Å². The highest BCUT2D eigenvalue weighted by Gasteiger charge is 2.29. The van der Waals surface area contributed by atoms with Crippen LogP contribution in [0.3, 0.4) is 0 Å². The lowest BCUT2D eigenvalue weighted by molar-refractivity contribution is -0.116. The number of carboxylic acids is 1. The molecule has 0 radical (unpaired) electrons. The number of anilines is 1. The first-order chi connectivity index (χ1) is 16.3. The molecule has 1 atom stereocenters. The summed E-state index contributed by atoms with van der Waals surface area (Å²) in [6, 6.07) is 19.1. The number of carboxylic acid groups (broad SMARTS) is 1. The molecule has 0 saturated heterocycles. The number of carbonyl (C=O) groups excluding carboxylic acids is 2. The third-order valence-corrected chi connectivity index (χ3v) is 5.71. The number of hydrogen-bond donors (Lipinski definition) is 4. The van der Waals surface area contributed by atoms with Crippen LogP contribution in [0.2, 0.25) is 0 Å². The molecule has 4 N–H and O–H groups in total. The summed E-state index contributed by atoms with van der Waals surface area (Å²) >= 11 is 0. The summed E-state index contributed by atoms with van der Waals surface area (Å²) in [4.78, 5) is 36.1. The quantitative estimate of drug-likeness (QED) is 0.389. The maximum Gasteiger partial charge on any atom is 0.407 e. The first-order valence-electron chi connectivity index (χ1n) is 10.8. The van der Waals surface area contributed by atoms with Gasteiger partial charge in [0.05, 0.1) is 11.3 Å². The van der Waals surface area contributed by atoms with Crippen molar-refractivity contribution in [1.29, 1.82) is 0 Å². The Morgan fingerprint density at radius 3 is 2.21 bits per heavy atom. The smallest absolute Gasteiger partial charge is 0.407 e. The van der Waals surface area contributed by atoms with Crippen molar-refractivity contribution in [3.63, 3.8) is 0 Å².